The zero-order valence-electron chi connectivity index (χ0n) is 15.8. The number of carbonyl (C=O) groups is 1. The summed E-state index contributed by atoms with van der Waals surface area (Å²) in [6.45, 7) is 0. The second kappa shape index (κ2) is 8.89. The minimum atomic E-state index is 0.0281. The molecule has 0 saturated heterocycles. The first-order valence-corrected chi connectivity index (χ1v) is 9.44. The Labute approximate surface area is 170 Å². The van der Waals surface area contributed by atoms with Crippen LogP contribution < -0.4 is 9.47 Å². The van der Waals surface area contributed by atoms with Gasteiger partial charge in [0.15, 0.2) is 5.78 Å². The van der Waals surface area contributed by atoms with Crippen molar-refractivity contribution in [2.75, 3.05) is 0 Å². The van der Waals surface area contributed by atoms with Crippen molar-refractivity contribution in [2.24, 2.45) is 0 Å². The third kappa shape index (κ3) is 5.11. The van der Waals surface area contributed by atoms with E-state index in [0.29, 0.717) is 23.5 Å². The molecule has 0 spiro atoms. The summed E-state index contributed by atoms with van der Waals surface area (Å²) in [6, 6.07) is 34.0. The molecule has 0 atom stereocenters. The molecular formula is C26H20O3. The zero-order chi connectivity index (χ0) is 19.9. The van der Waals surface area contributed by atoms with Crippen LogP contribution in [0.2, 0.25) is 0 Å². The van der Waals surface area contributed by atoms with Gasteiger partial charge in [0.2, 0.25) is 0 Å². The standard InChI is InChI=1S/C26H20O3/c27-26(21-10-8-16-25(19-21)29-23-13-5-2-6-14-23)18-20-9-7-15-24(17-20)28-22-11-3-1-4-12-22/h1-17,19H,18H2. The number of ketones is 1. The van der Waals surface area contributed by atoms with Gasteiger partial charge in [-0.15, -0.1) is 0 Å². The smallest absolute Gasteiger partial charge is 0.167 e. The molecule has 4 aromatic rings. The van der Waals surface area contributed by atoms with Crippen molar-refractivity contribution in [1.82, 2.24) is 0 Å². The van der Waals surface area contributed by atoms with Gasteiger partial charge in [-0.3, -0.25) is 4.79 Å². The SMILES string of the molecule is O=C(Cc1cccc(Oc2ccccc2)c1)c1cccc(Oc2ccccc2)c1. The largest absolute Gasteiger partial charge is 0.457 e. The molecule has 4 rings (SSSR count). The first-order chi connectivity index (χ1) is 14.3. The second-order valence-electron chi connectivity index (χ2n) is 6.61. The predicted molar refractivity (Wildman–Crippen MR) is 114 cm³/mol. The number of rotatable bonds is 7. The number of Topliss-reactive ketones (excluding diaryl/α,β-unsaturated/α-hetero) is 1. The summed E-state index contributed by atoms with van der Waals surface area (Å²) >= 11 is 0. The maximum absolute atomic E-state index is 12.8. The van der Waals surface area contributed by atoms with E-state index in [1.54, 1.807) is 6.07 Å². The lowest BCUT2D eigenvalue weighted by Crippen LogP contribution is -2.03. The Balaban J connectivity index is 1.45. The van der Waals surface area contributed by atoms with Crippen LogP contribution in [0.5, 0.6) is 23.0 Å². The normalized spacial score (nSPS) is 10.3. The van der Waals surface area contributed by atoms with E-state index in [2.05, 4.69) is 0 Å². The highest BCUT2D eigenvalue weighted by atomic mass is 16.5. The van der Waals surface area contributed by atoms with E-state index in [1.807, 2.05) is 103 Å². The van der Waals surface area contributed by atoms with Crippen molar-refractivity contribution < 1.29 is 14.3 Å². The van der Waals surface area contributed by atoms with Crippen LogP contribution in [0, 0.1) is 0 Å². The van der Waals surface area contributed by atoms with Crippen molar-refractivity contribution in [2.45, 2.75) is 6.42 Å². The van der Waals surface area contributed by atoms with Crippen LogP contribution in [0.15, 0.2) is 109 Å². The Kier molecular flexibility index (Phi) is 5.68. The molecular weight excluding hydrogens is 360 g/mol. The van der Waals surface area contributed by atoms with E-state index in [-0.39, 0.29) is 5.78 Å². The maximum atomic E-state index is 12.8. The average molecular weight is 380 g/mol. The van der Waals surface area contributed by atoms with Gasteiger partial charge in [0.1, 0.15) is 23.0 Å². The lowest BCUT2D eigenvalue weighted by molar-refractivity contribution is 0.0992. The Hall–Kier alpha value is -3.85. The molecule has 0 aliphatic heterocycles. The molecule has 0 unspecified atom stereocenters. The molecule has 0 heterocycles. The van der Waals surface area contributed by atoms with Gasteiger partial charge >= 0.3 is 0 Å². The molecule has 0 bridgehead atoms. The topological polar surface area (TPSA) is 35.5 Å². The Morgan fingerprint density at radius 1 is 0.552 bits per heavy atom. The van der Waals surface area contributed by atoms with Crippen LogP contribution in [0.1, 0.15) is 15.9 Å². The second-order valence-corrected chi connectivity index (χ2v) is 6.61. The van der Waals surface area contributed by atoms with Gasteiger partial charge < -0.3 is 9.47 Å². The summed E-state index contributed by atoms with van der Waals surface area (Å²) in [5, 5.41) is 0. The van der Waals surface area contributed by atoms with Crippen molar-refractivity contribution in [3.63, 3.8) is 0 Å². The van der Waals surface area contributed by atoms with E-state index in [0.717, 1.165) is 17.1 Å². The summed E-state index contributed by atoms with van der Waals surface area (Å²) in [7, 11) is 0. The van der Waals surface area contributed by atoms with E-state index in [1.165, 1.54) is 0 Å². The van der Waals surface area contributed by atoms with Gasteiger partial charge in [-0.05, 0) is 54.1 Å². The minimum Gasteiger partial charge on any atom is -0.457 e. The highest BCUT2D eigenvalue weighted by Crippen LogP contribution is 2.24. The number of hydrogen-bond donors (Lipinski definition) is 0. The molecule has 0 aliphatic rings. The van der Waals surface area contributed by atoms with E-state index in [4.69, 9.17) is 9.47 Å². The number of benzene rings is 4. The summed E-state index contributed by atoms with van der Waals surface area (Å²) in [6.07, 6.45) is 0.292. The van der Waals surface area contributed by atoms with Gasteiger partial charge in [0.25, 0.3) is 0 Å². The van der Waals surface area contributed by atoms with E-state index < -0.39 is 0 Å². The van der Waals surface area contributed by atoms with Crippen LogP contribution in [-0.4, -0.2) is 5.78 Å². The molecule has 0 amide bonds. The molecule has 0 saturated carbocycles. The number of hydrogen-bond acceptors (Lipinski definition) is 3. The predicted octanol–water partition coefficient (Wildman–Crippen LogP) is 6.70. The molecule has 0 aliphatic carbocycles. The van der Waals surface area contributed by atoms with Gasteiger partial charge in [0, 0.05) is 12.0 Å². The third-order valence-electron chi connectivity index (χ3n) is 4.38. The number of ether oxygens (including phenoxy) is 2. The number of carbonyl (C=O) groups excluding carboxylic acids is 1. The highest BCUT2D eigenvalue weighted by Gasteiger charge is 2.10. The van der Waals surface area contributed by atoms with Crippen molar-refractivity contribution >= 4 is 5.78 Å². The average Bonchev–Trinajstić information content (AvgIpc) is 2.76. The first kappa shape index (κ1) is 18.5. The van der Waals surface area contributed by atoms with Crippen LogP contribution in [0.25, 0.3) is 0 Å². The quantitative estimate of drug-likeness (QED) is 0.335. The molecule has 29 heavy (non-hydrogen) atoms. The molecule has 0 aromatic heterocycles. The monoisotopic (exact) mass is 380 g/mol. The molecule has 3 heteroatoms. The van der Waals surface area contributed by atoms with E-state index in [9.17, 15) is 4.79 Å². The molecule has 3 nitrogen and oxygen atoms in total. The van der Waals surface area contributed by atoms with Crippen LogP contribution in [0.3, 0.4) is 0 Å². The molecule has 142 valence electrons. The van der Waals surface area contributed by atoms with Crippen LogP contribution >= 0.6 is 0 Å². The van der Waals surface area contributed by atoms with Gasteiger partial charge in [-0.1, -0.05) is 60.7 Å². The zero-order valence-corrected chi connectivity index (χ0v) is 15.8. The Morgan fingerprint density at radius 2 is 1.07 bits per heavy atom. The Morgan fingerprint density at radius 3 is 1.69 bits per heavy atom. The van der Waals surface area contributed by atoms with Crippen molar-refractivity contribution in [3.05, 3.63) is 120 Å². The summed E-state index contributed by atoms with van der Waals surface area (Å²) in [5.41, 5.74) is 1.52. The Bertz CT molecular complexity index is 1090. The fraction of sp³-hybridized carbons (Fsp3) is 0.0385. The lowest BCUT2D eigenvalue weighted by Gasteiger charge is -2.09. The van der Waals surface area contributed by atoms with Crippen molar-refractivity contribution in [1.29, 1.82) is 0 Å². The lowest BCUT2D eigenvalue weighted by atomic mass is 10.0. The van der Waals surface area contributed by atoms with Gasteiger partial charge in [0.05, 0.1) is 0 Å². The summed E-state index contributed by atoms with van der Waals surface area (Å²) < 4.78 is 11.7. The molecule has 0 N–H and O–H groups in total. The minimum absolute atomic E-state index is 0.0281. The van der Waals surface area contributed by atoms with Gasteiger partial charge in [-0.2, -0.15) is 0 Å². The fourth-order valence-electron chi connectivity index (χ4n) is 2.99. The molecule has 0 radical (unpaired) electrons. The molecule has 4 aromatic carbocycles. The van der Waals surface area contributed by atoms with Crippen LogP contribution in [0.4, 0.5) is 0 Å². The highest BCUT2D eigenvalue weighted by molar-refractivity contribution is 5.97. The fourth-order valence-corrected chi connectivity index (χ4v) is 2.99. The third-order valence-corrected chi connectivity index (χ3v) is 4.38. The van der Waals surface area contributed by atoms with Crippen molar-refractivity contribution in [3.8, 4) is 23.0 Å². The van der Waals surface area contributed by atoms with Gasteiger partial charge in [-0.25, -0.2) is 0 Å². The molecule has 0 fully saturated rings. The first-order valence-electron chi connectivity index (χ1n) is 9.44. The van der Waals surface area contributed by atoms with E-state index >= 15 is 0 Å². The van der Waals surface area contributed by atoms with Crippen LogP contribution in [-0.2, 0) is 6.42 Å². The number of para-hydroxylation sites is 2. The summed E-state index contributed by atoms with van der Waals surface area (Å²) in [5.74, 6) is 2.89. The maximum Gasteiger partial charge on any atom is 0.167 e. The summed E-state index contributed by atoms with van der Waals surface area (Å²) in [4.78, 5) is 12.8.